The summed E-state index contributed by atoms with van der Waals surface area (Å²) in [7, 11) is 0. The van der Waals surface area contributed by atoms with Crippen molar-refractivity contribution < 1.29 is 9.59 Å². The Bertz CT molecular complexity index is 792. The van der Waals surface area contributed by atoms with Crippen LogP contribution in [0.3, 0.4) is 0 Å². The third-order valence-corrected chi connectivity index (χ3v) is 4.69. The Morgan fingerprint density at radius 3 is 2.81 bits per heavy atom. The van der Waals surface area contributed by atoms with E-state index in [-0.39, 0.29) is 23.7 Å². The van der Waals surface area contributed by atoms with E-state index in [0.717, 1.165) is 18.5 Å². The standard InChI is InChI=1S/C21H24N4O2/c1-16(14-23-20(26)18-6-5-12-22-15-18)9-10-17-11-13-24-25(21(17)27)19-7-3-2-4-8-19/h2-8,12-13,15-17H,9-11,14H2,1H3,(H,23,26). The third-order valence-electron chi connectivity index (χ3n) is 4.69. The number of anilines is 1. The summed E-state index contributed by atoms with van der Waals surface area (Å²) in [5, 5.41) is 8.67. The fraction of sp³-hybridized carbons (Fsp3) is 0.333. The van der Waals surface area contributed by atoms with Crippen molar-refractivity contribution in [2.24, 2.45) is 16.9 Å². The largest absolute Gasteiger partial charge is 0.352 e. The number of nitrogens with one attached hydrogen (secondary N) is 1. The number of rotatable bonds is 7. The van der Waals surface area contributed by atoms with Crippen LogP contribution < -0.4 is 10.3 Å². The highest BCUT2D eigenvalue weighted by Crippen LogP contribution is 2.25. The number of carbonyl (C=O) groups excluding carboxylic acids is 2. The fourth-order valence-corrected chi connectivity index (χ4v) is 3.04. The van der Waals surface area contributed by atoms with Gasteiger partial charge >= 0.3 is 0 Å². The lowest BCUT2D eigenvalue weighted by atomic mass is 9.93. The van der Waals surface area contributed by atoms with Crippen LogP contribution in [0.2, 0.25) is 0 Å². The lowest BCUT2D eigenvalue weighted by Crippen LogP contribution is -2.36. The second kappa shape index (κ2) is 9.07. The summed E-state index contributed by atoms with van der Waals surface area (Å²) < 4.78 is 0. The van der Waals surface area contributed by atoms with Gasteiger partial charge in [0, 0.05) is 31.1 Å². The van der Waals surface area contributed by atoms with Gasteiger partial charge in [-0.3, -0.25) is 14.6 Å². The predicted molar refractivity (Wildman–Crippen MR) is 105 cm³/mol. The van der Waals surface area contributed by atoms with Crippen molar-refractivity contribution in [3.63, 3.8) is 0 Å². The van der Waals surface area contributed by atoms with Crippen LogP contribution in [0.1, 0.15) is 36.5 Å². The fourth-order valence-electron chi connectivity index (χ4n) is 3.04. The normalized spacial score (nSPS) is 17.6. The highest BCUT2D eigenvalue weighted by molar-refractivity contribution is 5.98. The SMILES string of the molecule is CC(CCC1CC=NN(c2ccccc2)C1=O)CNC(=O)c1cccnc1. The van der Waals surface area contributed by atoms with Crippen molar-refractivity contribution >= 4 is 23.7 Å². The van der Waals surface area contributed by atoms with Crippen LogP contribution in [0.25, 0.3) is 0 Å². The molecule has 1 aliphatic heterocycles. The molecule has 0 radical (unpaired) electrons. The smallest absolute Gasteiger partial charge is 0.252 e. The summed E-state index contributed by atoms with van der Waals surface area (Å²) in [6.07, 6.45) is 7.31. The van der Waals surface area contributed by atoms with Crippen molar-refractivity contribution in [2.75, 3.05) is 11.6 Å². The molecule has 0 spiro atoms. The van der Waals surface area contributed by atoms with Crippen LogP contribution >= 0.6 is 0 Å². The van der Waals surface area contributed by atoms with E-state index < -0.39 is 0 Å². The maximum Gasteiger partial charge on any atom is 0.252 e. The van der Waals surface area contributed by atoms with Gasteiger partial charge < -0.3 is 5.32 Å². The molecule has 0 saturated heterocycles. The van der Waals surface area contributed by atoms with Crippen molar-refractivity contribution in [2.45, 2.75) is 26.2 Å². The first-order valence-corrected chi connectivity index (χ1v) is 9.25. The molecule has 140 valence electrons. The maximum atomic E-state index is 12.7. The molecule has 6 heteroatoms. The number of para-hydroxylation sites is 1. The molecule has 2 atom stereocenters. The molecule has 0 saturated carbocycles. The van der Waals surface area contributed by atoms with E-state index >= 15 is 0 Å². The molecule has 2 heterocycles. The van der Waals surface area contributed by atoms with Gasteiger partial charge in [0.2, 0.25) is 0 Å². The number of benzene rings is 1. The molecule has 3 rings (SSSR count). The predicted octanol–water partition coefficient (Wildman–Crippen LogP) is 3.27. The second-order valence-electron chi connectivity index (χ2n) is 6.85. The number of carbonyl (C=O) groups is 2. The minimum Gasteiger partial charge on any atom is -0.352 e. The monoisotopic (exact) mass is 364 g/mol. The highest BCUT2D eigenvalue weighted by Gasteiger charge is 2.28. The summed E-state index contributed by atoms with van der Waals surface area (Å²) in [5.41, 5.74) is 1.35. The van der Waals surface area contributed by atoms with Crippen LogP contribution in [-0.2, 0) is 4.79 Å². The van der Waals surface area contributed by atoms with Crippen LogP contribution in [0.4, 0.5) is 5.69 Å². The third kappa shape index (κ3) is 5.00. The first kappa shape index (κ1) is 18.8. The second-order valence-corrected chi connectivity index (χ2v) is 6.85. The minimum absolute atomic E-state index is 0.0373. The molecule has 27 heavy (non-hydrogen) atoms. The van der Waals surface area contributed by atoms with Gasteiger partial charge in [-0.15, -0.1) is 0 Å². The van der Waals surface area contributed by atoms with Crippen LogP contribution in [0.15, 0.2) is 60.0 Å². The van der Waals surface area contributed by atoms with Gasteiger partial charge in [-0.05, 0) is 49.4 Å². The number of amides is 2. The van der Waals surface area contributed by atoms with Gasteiger partial charge in [0.25, 0.3) is 11.8 Å². The van der Waals surface area contributed by atoms with Crippen molar-refractivity contribution in [3.05, 3.63) is 60.4 Å². The Morgan fingerprint density at radius 1 is 1.26 bits per heavy atom. The molecule has 2 amide bonds. The number of nitrogens with zero attached hydrogens (tertiary/aromatic N) is 3. The van der Waals surface area contributed by atoms with E-state index in [1.807, 2.05) is 36.5 Å². The van der Waals surface area contributed by atoms with Crippen molar-refractivity contribution in [3.8, 4) is 0 Å². The summed E-state index contributed by atoms with van der Waals surface area (Å²) in [4.78, 5) is 28.8. The van der Waals surface area contributed by atoms with E-state index in [1.54, 1.807) is 24.5 Å². The van der Waals surface area contributed by atoms with E-state index in [1.165, 1.54) is 5.01 Å². The summed E-state index contributed by atoms with van der Waals surface area (Å²) in [5.74, 6) is 0.128. The summed E-state index contributed by atoms with van der Waals surface area (Å²) >= 11 is 0. The van der Waals surface area contributed by atoms with E-state index in [9.17, 15) is 9.59 Å². The molecule has 1 aromatic carbocycles. The van der Waals surface area contributed by atoms with Gasteiger partial charge in [-0.25, -0.2) is 5.01 Å². The lowest BCUT2D eigenvalue weighted by molar-refractivity contribution is -0.122. The van der Waals surface area contributed by atoms with Crippen molar-refractivity contribution in [1.29, 1.82) is 0 Å². The Kier molecular flexibility index (Phi) is 6.30. The van der Waals surface area contributed by atoms with Gasteiger partial charge in [0.1, 0.15) is 0 Å². The van der Waals surface area contributed by atoms with Gasteiger partial charge in [0.15, 0.2) is 0 Å². The minimum atomic E-state index is -0.119. The highest BCUT2D eigenvalue weighted by atomic mass is 16.2. The zero-order chi connectivity index (χ0) is 19.1. The molecule has 0 bridgehead atoms. The molecule has 2 aromatic rings. The van der Waals surface area contributed by atoms with Crippen LogP contribution in [0, 0.1) is 11.8 Å². The first-order chi connectivity index (χ1) is 13.1. The maximum absolute atomic E-state index is 12.7. The molecular formula is C21H24N4O2. The summed E-state index contributed by atoms with van der Waals surface area (Å²) in [6.45, 7) is 2.66. The Labute approximate surface area is 159 Å². The summed E-state index contributed by atoms with van der Waals surface area (Å²) in [6, 6.07) is 13.0. The number of aromatic nitrogens is 1. The quantitative estimate of drug-likeness (QED) is 0.819. The van der Waals surface area contributed by atoms with Crippen LogP contribution in [0.5, 0.6) is 0 Å². The van der Waals surface area contributed by atoms with E-state index in [4.69, 9.17) is 0 Å². The van der Waals surface area contributed by atoms with Crippen molar-refractivity contribution in [1.82, 2.24) is 10.3 Å². The number of hydrogen-bond acceptors (Lipinski definition) is 4. The molecule has 1 N–H and O–H groups in total. The van der Waals surface area contributed by atoms with Gasteiger partial charge in [-0.2, -0.15) is 5.10 Å². The molecule has 2 unspecified atom stereocenters. The Balaban J connectivity index is 1.47. The Hall–Kier alpha value is -3.02. The number of hydrogen-bond donors (Lipinski definition) is 1. The molecule has 1 aromatic heterocycles. The van der Waals surface area contributed by atoms with E-state index in [0.29, 0.717) is 18.5 Å². The molecule has 0 aliphatic carbocycles. The Morgan fingerprint density at radius 2 is 2.07 bits per heavy atom. The topological polar surface area (TPSA) is 74.7 Å². The van der Waals surface area contributed by atoms with Gasteiger partial charge in [-0.1, -0.05) is 25.1 Å². The lowest BCUT2D eigenvalue weighted by Gasteiger charge is -2.27. The molecule has 6 nitrogen and oxygen atoms in total. The number of hydrazone groups is 1. The average molecular weight is 364 g/mol. The van der Waals surface area contributed by atoms with E-state index in [2.05, 4.69) is 22.3 Å². The molecular weight excluding hydrogens is 340 g/mol. The average Bonchev–Trinajstić information content (AvgIpc) is 2.72. The first-order valence-electron chi connectivity index (χ1n) is 9.25. The zero-order valence-corrected chi connectivity index (χ0v) is 15.4. The number of pyridine rings is 1. The molecule has 1 aliphatic rings. The van der Waals surface area contributed by atoms with Gasteiger partial charge in [0.05, 0.1) is 11.3 Å². The van der Waals surface area contributed by atoms with Crippen LogP contribution in [-0.4, -0.2) is 29.6 Å². The molecule has 0 fully saturated rings. The zero-order valence-electron chi connectivity index (χ0n) is 15.4.